The van der Waals surface area contributed by atoms with Crippen LogP contribution in [0.4, 0.5) is 13.2 Å². The number of alkyl halides is 4. The Kier molecular flexibility index (Phi) is 3.95. The van der Waals surface area contributed by atoms with E-state index >= 15 is 0 Å². The standard InChI is InChI=1S/C9H8F3IO2/c1-13(7-5-3-2-4-6-7)15-8(14)9(10,11)12/h2-6H,1H3. The van der Waals surface area contributed by atoms with Gasteiger partial charge in [0.25, 0.3) is 0 Å². The number of carbonyl (C=O) groups excluding carboxylic acids is 1. The van der Waals surface area contributed by atoms with Crippen molar-refractivity contribution in [2.24, 2.45) is 0 Å². The molecule has 0 spiro atoms. The Morgan fingerprint density at radius 3 is 2.27 bits per heavy atom. The summed E-state index contributed by atoms with van der Waals surface area (Å²) in [5, 5.41) is 0. The fourth-order valence-corrected chi connectivity index (χ4v) is 3.32. The van der Waals surface area contributed by atoms with Crippen molar-refractivity contribution in [3.63, 3.8) is 0 Å². The number of rotatable bonds is 2. The monoisotopic (exact) mass is 332 g/mol. The molecule has 0 atom stereocenters. The molecule has 0 unspecified atom stereocenters. The zero-order chi connectivity index (χ0) is 11.5. The molecule has 0 aromatic heterocycles. The second-order valence-electron chi connectivity index (χ2n) is 2.58. The molecule has 0 bridgehead atoms. The normalized spacial score (nSPS) is 12.1. The van der Waals surface area contributed by atoms with E-state index in [0.717, 1.165) is 0 Å². The van der Waals surface area contributed by atoms with Gasteiger partial charge in [-0.15, -0.1) is 0 Å². The van der Waals surface area contributed by atoms with Crippen LogP contribution in [-0.2, 0) is 7.86 Å². The third-order valence-electron chi connectivity index (χ3n) is 1.46. The van der Waals surface area contributed by atoms with E-state index < -0.39 is 32.4 Å². The van der Waals surface area contributed by atoms with Gasteiger partial charge in [0.05, 0.1) is 0 Å². The maximum atomic E-state index is 11.9. The van der Waals surface area contributed by atoms with Gasteiger partial charge in [-0.2, -0.15) is 0 Å². The average Bonchev–Trinajstić information content (AvgIpc) is 2.17. The first-order valence-electron chi connectivity index (χ1n) is 3.86. The van der Waals surface area contributed by atoms with Crippen molar-refractivity contribution >= 4 is 26.2 Å². The maximum absolute atomic E-state index is 11.9. The van der Waals surface area contributed by atoms with Gasteiger partial charge in [-0.05, 0) is 0 Å². The SMILES string of the molecule is CI(OC(=O)C(F)(F)F)c1ccccc1. The molecular formula is C9H8F3IO2. The van der Waals surface area contributed by atoms with E-state index in [1.54, 1.807) is 35.3 Å². The summed E-state index contributed by atoms with van der Waals surface area (Å²) in [6, 6.07) is 8.47. The molecule has 0 aliphatic carbocycles. The summed E-state index contributed by atoms with van der Waals surface area (Å²) in [5.74, 6) is -2.10. The van der Waals surface area contributed by atoms with Crippen LogP contribution < -0.4 is 0 Å². The Hall–Kier alpha value is -0.790. The zero-order valence-electron chi connectivity index (χ0n) is 7.72. The van der Waals surface area contributed by atoms with Crippen molar-refractivity contribution in [1.82, 2.24) is 0 Å². The van der Waals surface area contributed by atoms with Gasteiger partial charge < -0.3 is 0 Å². The number of hydrogen-bond donors (Lipinski definition) is 0. The van der Waals surface area contributed by atoms with E-state index in [9.17, 15) is 18.0 Å². The number of halogens is 4. The predicted octanol–water partition coefficient (Wildman–Crippen LogP) is 3.01. The van der Waals surface area contributed by atoms with Crippen molar-refractivity contribution in [3.05, 3.63) is 33.9 Å². The summed E-state index contributed by atoms with van der Waals surface area (Å²) < 4.78 is 40.7. The fraction of sp³-hybridized carbons (Fsp3) is 0.222. The molecule has 1 rings (SSSR count). The van der Waals surface area contributed by atoms with E-state index in [4.69, 9.17) is 0 Å². The molecule has 0 aliphatic heterocycles. The van der Waals surface area contributed by atoms with Crippen LogP contribution in [0.2, 0.25) is 0 Å². The number of benzene rings is 1. The first kappa shape index (κ1) is 12.3. The third kappa shape index (κ3) is 3.69. The van der Waals surface area contributed by atoms with Gasteiger partial charge >= 0.3 is 92.2 Å². The summed E-state index contributed by atoms with van der Waals surface area (Å²) in [7, 11) is 0. The van der Waals surface area contributed by atoms with E-state index in [1.807, 2.05) is 0 Å². The summed E-state index contributed by atoms with van der Waals surface area (Å²) in [6.07, 6.45) is -4.90. The van der Waals surface area contributed by atoms with Crippen LogP contribution in [0.25, 0.3) is 0 Å². The molecule has 0 saturated heterocycles. The molecule has 0 saturated carbocycles. The van der Waals surface area contributed by atoms with E-state index in [2.05, 4.69) is 3.07 Å². The van der Waals surface area contributed by atoms with Gasteiger partial charge in [-0.1, -0.05) is 0 Å². The third-order valence-corrected chi connectivity index (χ3v) is 4.99. The average molecular weight is 332 g/mol. The van der Waals surface area contributed by atoms with Gasteiger partial charge in [0, 0.05) is 0 Å². The Balaban J connectivity index is 2.65. The predicted molar refractivity (Wildman–Crippen MR) is 57.2 cm³/mol. The van der Waals surface area contributed by atoms with E-state index in [-0.39, 0.29) is 0 Å². The summed E-state index contributed by atoms with van der Waals surface area (Å²) in [5.41, 5.74) is 0. The number of carbonyl (C=O) groups is 1. The Morgan fingerprint density at radius 2 is 1.80 bits per heavy atom. The van der Waals surface area contributed by atoms with Crippen molar-refractivity contribution < 1.29 is 21.0 Å². The quantitative estimate of drug-likeness (QED) is 0.615. The Labute approximate surface area is 92.4 Å². The van der Waals surface area contributed by atoms with Crippen molar-refractivity contribution in [2.45, 2.75) is 6.18 Å². The first-order valence-corrected chi connectivity index (χ1v) is 7.97. The van der Waals surface area contributed by atoms with Gasteiger partial charge in [-0.3, -0.25) is 0 Å². The molecule has 84 valence electrons. The molecule has 0 fully saturated rings. The van der Waals surface area contributed by atoms with E-state index in [1.165, 1.54) is 0 Å². The number of hydrogen-bond acceptors (Lipinski definition) is 2. The molecule has 6 heteroatoms. The molecule has 0 amide bonds. The molecule has 0 N–H and O–H groups in total. The van der Waals surface area contributed by atoms with Crippen molar-refractivity contribution in [2.75, 3.05) is 4.93 Å². The van der Waals surface area contributed by atoms with Crippen LogP contribution in [0.3, 0.4) is 0 Å². The summed E-state index contributed by atoms with van der Waals surface area (Å²) in [6.45, 7) is 0. The molecule has 15 heavy (non-hydrogen) atoms. The molecule has 0 aliphatic rings. The van der Waals surface area contributed by atoms with Crippen LogP contribution in [-0.4, -0.2) is 17.1 Å². The molecule has 1 aromatic carbocycles. The Bertz CT molecular complexity index is 337. The van der Waals surface area contributed by atoms with Crippen LogP contribution in [0.5, 0.6) is 0 Å². The second kappa shape index (κ2) is 4.82. The molecule has 0 radical (unpaired) electrons. The topological polar surface area (TPSA) is 26.3 Å². The molecule has 2 nitrogen and oxygen atoms in total. The van der Waals surface area contributed by atoms with E-state index in [0.29, 0.717) is 3.57 Å². The minimum atomic E-state index is -4.90. The van der Waals surface area contributed by atoms with Crippen molar-refractivity contribution in [1.29, 1.82) is 0 Å². The molecule has 1 aromatic rings. The summed E-state index contributed by atoms with van der Waals surface area (Å²) >= 11 is -2.46. The van der Waals surface area contributed by atoms with Crippen LogP contribution >= 0.6 is 20.2 Å². The van der Waals surface area contributed by atoms with Gasteiger partial charge in [0.1, 0.15) is 0 Å². The zero-order valence-corrected chi connectivity index (χ0v) is 9.87. The second-order valence-corrected chi connectivity index (χ2v) is 6.66. The minimum absolute atomic E-state index is 0.680. The Morgan fingerprint density at radius 1 is 1.27 bits per heavy atom. The molecule has 0 heterocycles. The molecular weight excluding hydrogens is 324 g/mol. The van der Waals surface area contributed by atoms with Crippen LogP contribution in [0.15, 0.2) is 30.3 Å². The van der Waals surface area contributed by atoms with Crippen molar-refractivity contribution in [3.8, 4) is 0 Å². The van der Waals surface area contributed by atoms with Gasteiger partial charge in [-0.25, -0.2) is 0 Å². The van der Waals surface area contributed by atoms with Gasteiger partial charge in [0.2, 0.25) is 0 Å². The van der Waals surface area contributed by atoms with Gasteiger partial charge in [0.15, 0.2) is 0 Å². The van der Waals surface area contributed by atoms with Crippen LogP contribution in [0, 0.1) is 3.57 Å². The summed E-state index contributed by atoms with van der Waals surface area (Å²) in [4.78, 5) is 12.1. The fourth-order valence-electron chi connectivity index (χ4n) is 0.785. The first-order chi connectivity index (χ1) is 6.91. The van der Waals surface area contributed by atoms with Crippen LogP contribution in [0.1, 0.15) is 0 Å².